The monoisotopic (exact) mass is 232 g/mol. The summed E-state index contributed by atoms with van der Waals surface area (Å²) in [6.45, 7) is 0.0396. The van der Waals surface area contributed by atoms with Gasteiger partial charge in [0.1, 0.15) is 11.3 Å². The third-order valence-electron chi connectivity index (χ3n) is 2.24. The molecule has 0 radical (unpaired) electrons. The number of rotatable bonds is 2. The molecule has 0 spiro atoms. The highest BCUT2D eigenvalue weighted by atomic mass is 32.1. The predicted molar refractivity (Wildman–Crippen MR) is 60.0 cm³/mol. The predicted octanol–water partition coefficient (Wildman–Crippen LogP) is 1.35. The van der Waals surface area contributed by atoms with E-state index in [0.29, 0.717) is 0 Å². The average molecular weight is 232 g/mol. The molecule has 6 heteroatoms. The molecule has 2 heterocycles. The van der Waals surface area contributed by atoms with E-state index in [4.69, 9.17) is 5.11 Å². The van der Waals surface area contributed by atoms with Crippen molar-refractivity contribution in [1.29, 1.82) is 0 Å². The van der Waals surface area contributed by atoms with Crippen molar-refractivity contribution in [3.63, 3.8) is 0 Å². The Morgan fingerprint density at radius 3 is 3.12 bits per heavy atom. The van der Waals surface area contributed by atoms with E-state index in [2.05, 4.69) is 15.3 Å². The minimum absolute atomic E-state index is 0.0396. The second-order valence-electron chi connectivity index (χ2n) is 3.32. The van der Waals surface area contributed by atoms with Crippen molar-refractivity contribution in [2.45, 2.75) is 6.61 Å². The summed E-state index contributed by atoms with van der Waals surface area (Å²) in [6, 6.07) is 7.67. The van der Waals surface area contributed by atoms with Crippen LogP contribution in [0.3, 0.4) is 0 Å². The van der Waals surface area contributed by atoms with Gasteiger partial charge in [0, 0.05) is 5.56 Å². The standard InChI is InChI=1S/C10H8N4OS/c15-5-7-2-1-3-8(4-7)9-13-14-6-11-12-10(14)16-9/h1-4,6,15H,5H2. The smallest absolute Gasteiger partial charge is 0.234 e. The van der Waals surface area contributed by atoms with E-state index in [0.717, 1.165) is 21.1 Å². The Hall–Kier alpha value is -1.79. The zero-order valence-electron chi connectivity index (χ0n) is 8.24. The molecule has 0 amide bonds. The molecule has 0 saturated heterocycles. The van der Waals surface area contributed by atoms with E-state index in [9.17, 15) is 0 Å². The molecule has 1 aromatic carbocycles. The van der Waals surface area contributed by atoms with E-state index >= 15 is 0 Å². The third kappa shape index (κ3) is 1.48. The zero-order valence-corrected chi connectivity index (χ0v) is 9.05. The van der Waals surface area contributed by atoms with Crippen LogP contribution in [-0.4, -0.2) is 24.9 Å². The number of hydrogen-bond acceptors (Lipinski definition) is 5. The largest absolute Gasteiger partial charge is 0.392 e. The number of aliphatic hydroxyl groups is 1. The van der Waals surface area contributed by atoms with E-state index < -0.39 is 0 Å². The summed E-state index contributed by atoms with van der Waals surface area (Å²) in [6.07, 6.45) is 1.57. The molecular formula is C10H8N4OS. The van der Waals surface area contributed by atoms with E-state index in [1.54, 1.807) is 10.8 Å². The van der Waals surface area contributed by atoms with Crippen LogP contribution >= 0.6 is 11.3 Å². The van der Waals surface area contributed by atoms with Gasteiger partial charge in [-0.25, -0.2) is 0 Å². The fraction of sp³-hybridized carbons (Fsp3) is 0.100. The van der Waals surface area contributed by atoms with Gasteiger partial charge in [-0.2, -0.15) is 9.61 Å². The number of aliphatic hydroxyl groups excluding tert-OH is 1. The maximum atomic E-state index is 9.06. The SMILES string of the molecule is OCc1cccc(-c2nn3cnnc3s2)c1. The second-order valence-corrected chi connectivity index (χ2v) is 4.28. The molecule has 0 atom stereocenters. The molecule has 3 rings (SSSR count). The van der Waals surface area contributed by atoms with Gasteiger partial charge in [0.05, 0.1) is 6.61 Å². The summed E-state index contributed by atoms with van der Waals surface area (Å²) in [4.78, 5) is 0.768. The van der Waals surface area contributed by atoms with Crippen molar-refractivity contribution in [3.8, 4) is 10.6 Å². The molecule has 2 aromatic heterocycles. The molecule has 0 aliphatic carbocycles. The molecule has 0 fully saturated rings. The van der Waals surface area contributed by atoms with Crippen molar-refractivity contribution in [2.24, 2.45) is 0 Å². The Balaban J connectivity index is 2.11. The Kier molecular flexibility index (Phi) is 2.16. The zero-order chi connectivity index (χ0) is 11.0. The van der Waals surface area contributed by atoms with Crippen molar-refractivity contribution in [1.82, 2.24) is 19.8 Å². The van der Waals surface area contributed by atoms with Gasteiger partial charge in [0.25, 0.3) is 0 Å². The van der Waals surface area contributed by atoms with Gasteiger partial charge in [-0.15, -0.1) is 10.2 Å². The molecule has 3 aromatic rings. The highest BCUT2D eigenvalue weighted by Gasteiger charge is 2.07. The van der Waals surface area contributed by atoms with Crippen molar-refractivity contribution >= 4 is 16.3 Å². The summed E-state index contributed by atoms with van der Waals surface area (Å²) in [5.41, 5.74) is 1.87. The van der Waals surface area contributed by atoms with Crippen molar-refractivity contribution in [2.75, 3.05) is 0 Å². The quantitative estimate of drug-likeness (QED) is 0.724. The highest BCUT2D eigenvalue weighted by molar-refractivity contribution is 7.19. The van der Waals surface area contributed by atoms with Crippen LogP contribution < -0.4 is 0 Å². The van der Waals surface area contributed by atoms with Crippen LogP contribution in [0.4, 0.5) is 0 Å². The number of nitrogens with zero attached hydrogens (tertiary/aromatic N) is 4. The Labute approximate surface area is 95.0 Å². The van der Waals surface area contributed by atoms with Crippen LogP contribution in [-0.2, 0) is 6.61 Å². The Morgan fingerprint density at radius 1 is 1.38 bits per heavy atom. The first-order chi connectivity index (χ1) is 7.86. The average Bonchev–Trinajstić information content (AvgIpc) is 2.89. The minimum Gasteiger partial charge on any atom is -0.392 e. The molecule has 0 aliphatic rings. The molecule has 0 aliphatic heterocycles. The van der Waals surface area contributed by atoms with E-state index in [-0.39, 0.29) is 6.61 Å². The lowest BCUT2D eigenvalue weighted by molar-refractivity contribution is 0.282. The molecule has 0 unspecified atom stereocenters. The molecule has 0 bridgehead atoms. The Morgan fingerprint density at radius 2 is 2.31 bits per heavy atom. The first-order valence-electron chi connectivity index (χ1n) is 4.74. The van der Waals surface area contributed by atoms with E-state index in [1.807, 2.05) is 24.3 Å². The fourth-order valence-electron chi connectivity index (χ4n) is 1.48. The minimum atomic E-state index is 0.0396. The molecular weight excluding hydrogens is 224 g/mol. The van der Waals surface area contributed by atoms with Crippen LogP contribution in [0.5, 0.6) is 0 Å². The van der Waals surface area contributed by atoms with Gasteiger partial charge in [-0.05, 0) is 11.6 Å². The molecule has 16 heavy (non-hydrogen) atoms. The lowest BCUT2D eigenvalue weighted by Crippen LogP contribution is -1.85. The summed E-state index contributed by atoms with van der Waals surface area (Å²) in [7, 11) is 0. The second kappa shape index (κ2) is 3.66. The summed E-state index contributed by atoms with van der Waals surface area (Å²) >= 11 is 1.47. The van der Waals surface area contributed by atoms with Crippen LogP contribution in [0, 0.1) is 0 Å². The van der Waals surface area contributed by atoms with E-state index in [1.165, 1.54) is 11.3 Å². The van der Waals surface area contributed by atoms with Gasteiger partial charge in [-0.1, -0.05) is 29.5 Å². The van der Waals surface area contributed by atoms with Gasteiger partial charge in [0.15, 0.2) is 0 Å². The van der Waals surface area contributed by atoms with Crippen LogP contribution in [0.1, 0.15) is 5.56 Å². The first kappa shape index (κ1) is 9.44. The number of hydrogen-bond donors (Lipinski definition) is 1. The van der Waals surface area contributed by atoms with Gasteiger partial charge >= 0.3 is 0 Å². The van der Waals surface area contributed by atoms with Crippen LogP contribution in [0.2, 0.25) is 0 Å². The maximum Gasteiger partial charge on any atom is 0.234 e. The normalized spacial score (nSPS) is 11.1. The number of benzene rings is 1. The Bertz CT molecular complexity index is 602. The molecule has 1 N–H and O–H groups in total. The lowest BCUT2D eigenvalue weighted by Gasteiger charge is -1.98. The maximum absolute atomic E-state index is 9.06. The van der Waals surface area contributed by atoms with Gasteiger partial charge in [-0.3, -0.25) is 0 Å². The topological polar surface area (TPSA) is 63.3 Å². The molecule has 5 nitrogen and oxygen atoms in total. The fourth-order valence-corrected chi connectivity index (χ4v) is 2.30. The summed E-state index contributed by atoms with van der Waals surface area (Å²) in [5.74, 6) is 0. The summed E-state index contributed by atoms with van der Waals surface area (Å²) < 4.78 is 1.64. The highest BCUT2D eigenvalue weighted by Crippen LogP contribution is 2.25. The van der Waals surface area contributed by atoms with Crippen LogP contribution in [0.25, 0.3) is 15.5 Å². The molecule has 80 valence electrons. The van der Waals surface area contributed by atoms with Crippen LogP contribution in [0.15, 0.2) is 30.6 Å². The van der Waals surface area contributed by atoms with Crippen molar-refractivity contribution in [3.05, 3.63) is 36.2 Å². The van der Waals surface area contributed by atoms with Gasteiger partial charge < -0.3 is 5.11 Å². The van der Waals surface area contributed by atoms with Gasteiger partial charge in [0.2, 0.25) is 4.96 Å². The summed E-state index contributed by atoms with van der Waals surface area (Å²) in [5, 5.41) is 22.0. The third-order valence-corrected chi connectivity index (χ3v) is 3.21. The number of fused-ring (bicyclic) bond motifs is 1. The first-order valence-corrected chi connectivity index (χ1v) is 5.55. The lowest BCUT2D eigenvalue weighted by atomic mass is 10.1. The van der Waals surface area contributed by atoms with Crippen molar-refractivity contribution < 1.29 is 5.11 Å². The number of aromatic nitrogens is 4. The molecule has 0 saturated carbocycles.